The topological polar surface area (TPSA) is 20.2 Å². The van der Waals surface area contributed by atoms with Gasteiger partial charge in [-0.15, -0.1) is 11.3 Å². The lowest BCUT2D eigenvalue weighted by atomic mass is 10.0. The van der Waals surface area contributed by atoms with Gasteiger partial charge in [-0.2, -0.15) is 0 Å². The molecule has 1 aromatic heterocycles. The lowest BCUT2D eigenvalue weighted by Crippen LogP contribution is -1.95. The van der Waals surface area contributed by atoms with E-state index in [1.165, 1.54) is 10.1 Å². The van der Waals surface area contributed by atoms with Gasteiger partial charge in [0.1, 0.15) is 0 Å². The van der Waals surface area contributed by atoms with E-state index in [-0.39, 0.29) is 6.10 Å². The summed E-state index contributed by atoms with van der Waals surface area (Å²) in [5, 5.41) is 13.3. The van der Waals surface area contributed by atoms with Crippen molar-refractivity contribution in [2.75, 3.05) is 0 Å². The molecule has 15 heavy (non-hydrogen) atoms. The van der Waals surface area contributed by atoms with Gasteiger partial charge in [0.25, 0.3) is 0 Å². The van der Waals surface area contributed by atoms with Gasteiger partial charge in [-0.1, -0.05) is 38.0 Å². The molecule has 1 heterocycles. The Morgan fingerprint density at radius 2 is 2.13 bits per heavy atom. The molecule has 0 aliphatic carbocycles. The Morgan fingerprint density at radius 3 is 2.93 bits per heavy atom. The van der Waals surface area contributed by atoms with E-state index in [2.05, 4.69) is 24.4 Å². The molecule has 2 aromatic rings. The predicted molar refractivity (Wildman–Crippen MR) is 66.3 cm³/mol. The third kappa shape index (κ3) is 2.21. The molecule has 0 amide bonds. The zero-order chi connectivity index (χ0) is 10.7. The van der Waals surface area contributed by atoms with Crippen LogP contribution in [0.4, 0.5) is 0 Å². The number of aliphatic hydroxyl groups excluding tert-OH is 1. The highest BCUT2D eigenvalue weighted by Crippen LogP contribution is 2.32. The van der Waals surface area contributed by atoms with Gasteiger partial charge < -0.3 is 5.11 Å². The van der Waals surface area contributed by atoms with Gasteiger partial charge in [0.2, 0.25) is 0 Å². The summed E-state index contributed by atoms with van der Waals surface area (Å²) in [6.07, 6.45) is 2.81. The third-order valence-corrected chi connectivity index (χ3v) is 3.68. The second kappa shape index (κ2) is 4.77. The molecule has 0 aliphatic rings. The minimum Gasteiger partial charge on any atom is -0.388 e. The molecule has 1 nitrogen and oxygen atoms in total. The van der Waals surface area contributed by atoms with E-state index in [0.29, 0.717) is 0 Å². The number of hydrogen-bond donors (Lipinski definition) is 1. The van der Waals surface area contributed by atoms with Gasteiger partial charge >= 0.3 is 0 Å². The first-order valence-corrected chi connectivity index (χ1v) is 6.35. The summed E-state index contributed by atoms with van der Waals surface area (Å²) in [7, 11) is 0. The number of unbranched alkanes of at least 4 members (excludes halogenated alkanes) is 1. The molecule has 1 atom stereocenters. The Balaban J connectivity index is 2.27. The summed E-state index contributed by atoms with van der Waals surface area (Å²) in [5.41, 5.74) is 1.10. The van der Waals surface area contributed by atoms with Crippen LogP contribution in [0.3, 0.4) is 0 Å². The summed E-state index contributed by atoms with van der Waals surface area (Å²) in [5.74, 6) is 0. The lowest BCUT2D eigenvalue weighted by Gasteiger charge is -2.08. The van der Waals surface area contributed by atoms with E-state index in [0.717, 1.165) is 24.8 Å². The van der Waals surface area contributed by atoms with Crippen LogP contribution in [0, 0.1) is 0 Å². The Morgan fingerprint density at radius 1 is 1.33 bits per heavy atom. The van der Waals surface area contributed by atoms with E-state index in [1.807, 2.05) is 12.1 Å². The fourth-order valence-corrected chi connectivity index (χ4v) is 2.82. The Bertz CT molecular complexity index is 433. The van der Waals surface area contributed by atoms with Crippen LogP contribution in [0.15, 0.2) is 29.6 Å². The summed E-state index contributed by atoms with van der Waals surface area (Å²) >= 11 is 1.72. The number of hydrogen-bond acceptors (Lipinski definition) is 2. The Labute approximate surface area is 94.4 Å². The van der Waals surface area contributed by atoms with E-state index >= 15 is 0 Å². The quantitative estimate of drug-likeness (QED) is 0.821. The molecule has 1 aromatic carbocycles. The van der Waals surface area contributed by atoms with Crippen molar-refractivity contribution < 1.29 is 5.11 Å². The van der Waals surface area contributed by atoms with Crippen molar-refractivity contribution >= 4 is 21.4 Å². The second-order valence-corrected chi connectivity index (χ2v) is 4.76. The van der Waals surface area contributed by atoms with Gasteiger partial charge in [-0.05, 0) is 28.8 Å². The number of fused-ring (bicyclic) bond motifs is 1. The Hall–Kier alpha value is -0.860. The molecular weight excluding hydrogens is 204 g/mol. The Kier molecular flexibility index (Phi) is 3.39. The molecule has 2 rings (SSSR count). The first-order chi connectivity index (χ1) is 7.33. The zero-order valence-electron chi connectivity index (χ0n) is 8.94. The number of rotatable bonds is 4. The van der Waals surface area contributed by atoms with Crippen LogP contribution in [0.2, 0.25) is 0 Å². The van der Waals surface area contributed by atoms with Gasteiger partial charge in [0, 0.05) is 4.70 Å². The van der Waals surface area contributed by atoms with Crippen molar-refractivity contribution in [2.45, 2.75) is 32.3 Å². The van der Waals surface area contributed by atoms with Crippen molar-refractivity contribution in [3.05, 3.63) is 35.2 Å². The standard InChI is InChI=1S/C13H16OS/c1-2-3-7-12(14)11-9-15-13-8-5-4-6-10(11)13/h4-6,8-9,12,14H,2-3,7H2,1H3. The first-order valence-electron chi connectivity index (χ1n) is 5.47. The predicted octanol–water partition coefficient (Wildman–Crippen LogP) is 4.12. The molecule has 1 N–H and O–H groups in total. The van der Waals surface area contributed by atoms with Crippen LogP contribution in [-0.2, 0) is 0 Å². The monoisotopic (exact) mass is 220 g/mol. The fourth-order valence-electron chi connectivity index (χ4n) is 1.81. The van der Waals surface area contributed by atoms with Crippen molar-refractivity contribution in [1.82, 2.24) is 0 Å². The molecule has 0 radical (unpaired) electrons. The van der Waals surface area contributed by atoms with E-state index in [1.54, 1.807) is 11.3 Å². The fraction of sp³-hybridized carbons (Fsp3) is 0.385. The molecule has 2 heteroatoms. The molecule has 0 saturated carbocycles. The highest BCUT2D eigenvalue weighted by molar-refractivity contribution is 7.17. The first kappa shape index (κ1) is 10.7. The number of aliphatic hydroxyl groups is 1. The van der Waals surface area contributed by atoms with Crippen molar-refractivity contribution in [1.29, 1.82) is 0 Å². The largest absolute Gasteiger partial charge is 0.388 e. The molecule has 0 bridgehead atoms. The van der Waals surface area contributed by atoms with Crippen LogP contribution < -0.4 is 0 Å². The van der Waals surface area contributed by atoms with Gasteiger partial charge in [-0.25, -0.2) is 0 Å². The van der Waals surface area contributed by atoms with Crippen LogP contribution in [0.1, 0.15) is 37.9 Å². The second-order valence-electron chi connectivity index (χ2n) is 3.85. The van der Waals surface area contributed by atoms with Gasteiger partial charge in [0.05, 0.1) is 6.10 Å². The molecule has 0 spiro atoms. The van der Waals surface area contributed by atoms with E-state index < -0.39 is 0 Å². The summed E-state index contributed by atoms with van der Waals surface area (Å²) in [6, 6.07) is 8.28. The summed E-state index contributed by atoms with van der Waals surface area (Å²) in [6.45, 7) is 2.15. The summed E-state index contributed by atoms with van der Waals surface area (Å²) < 4.78 is 1.27. The molecule has 0 aliphatic heterocycles. The SMILES string of the molecule is CCCCC(O)c1csc2ccccc12. The van der Waals surface area contributed by atoms with Crippen molar-refractivity contribution in [2.24, 2.45) is 0 Å². The third-order valence-electron chi connectivity index (χ3n) is 2.70. The normalized spacial score (nSPS) is 13.2. The molecule has 0 fully saturated rings. The smallest absolute Gasteiger partial charge is 0.0804 e. The van der Waals surface area contributed by atoms with Crippen molar-refractivity contribution in [3.63, 3.8) is 0 Å². The zero-order valence-corrected chi connectivity index (χ0v) is 9.76. The maximum absolute atomic E-state index is 10.0. The van der Waals surface area contributed by atoms with Crippen molar-refractivity contribution in [3.8, 4) is 0 Å². The average Bonchev–Trinajstić information content (AvgIpc) is 2.69. The molecule has 80 valence electrons. The van der Waals surface area contributed by atoms with Crippen LogP contribution in [0.25, 0.3) is 10.1 Å². The summed E-state index contributed by atoms with van der Waals surface area (Å²) in [4.78, 5) is 0. The molecule has 0 saturated heterocycles. The van der Waals surface area contributed by atoms with Crippen LogP contribution in [-0.4, -0.2) is 5.11 Å². The van der Waals surface area contributed by atoms with E-state index in [4.69, 9.17) is 0 Å². The van der Waals surface area contributed by atoms with Crippen LogP contribution >= 0.6 is 11.3 Å². The maximum atomic E-state index is 10.0. The minimum atomic E-state index is -0.291. The lowest BCUT2D eigenvalue weighted by molar-refractivity contribution is 0.166. The number of thiophene rings is 1. The molecular formula is C13H16OS. The van der Waals surface area contributed by atoms with E-state index in [9.17, 15) is 5.11 Å². The minimum absolute atomic E-state index is 0.291. The highest BCUT2D eigenvalue weighted by atomic mass is 32.1. The highest BCUT2D eigenvalue weighted by Gasteiger charge is 2.11. The van der Waals surface area contributed by atoms with Gasteiger partial charge in [0.15, 0.2) is 0 Å². The maximum Gasteiger partial charge on any atom is 0.0804 e. The van der Waals surface area contributed by atoms with Gasteiger partial charge in [-0.3, -0.25) is 0 Å². The number of benzene rings is 1. The molecule has 1 unspecified atom stereocenters. The average molecular weight is 220 g/mol. The van der Waals surface area contributed by atoms with Crippen LogP contribution in [0.5, 0.6) is 0 Å².